The summed E-state index contributed by atoms with van der Waals surface area (Å²) in [5.41, 5.74) is 1.33. The number of hydrogen-bond acceptors (Lipinski definition) is 2. The molecule has 0 radical (unpaired) electrons. The van der Waals surface area contributed by atoms with Gasteiger partial charge in [0.2, 0.25) is 0 Å². The molecule has 1 aliphatic heterocycles. The van der Waals surface area contributed by atoms with E-state index in [-0.39, 0.29) is 0 Å². The number of piperidine rings is 1. The van der Waals surface area contributed by atoms with Gasteiger partial charge in [-0.25, -0.2) is 0 Å². The predicted octanol–water partition coefficient (Wildman–Crippen LogP) is 3.72. The van der Waals surface area contributed by atoms with Crippen molar-refractivity contribution in [3.8, 4) is 0 Å². The Hall–Kier alpha value is -0.570. The van der Waals surface area contributed by atoms with Crippen LogP contribution in [0.5, 0.6) is 0 Å². The standard InChI is InChI=1S/C16H25ClN2/c1-12-8-9-18-16(10-12)11-19(3)13(2)14-4-6-15(17)7-5-14/h4-7,12-13,16,18H,8-11H2,1-3H3. The Morgan fingerprint density at radius 2 is 2.05 bits per heavy atom. The van der Waals surface area contributed by atoms with Crippen molar-refractivity contribution < 1.29 is 0 Å². The summed E-state index contributed by atoms with van der Waals surface area (Å²) in [5, 5.41) is 4.44. The van der Waals surface area contributed by atoms with Crippen molar-refractivity contribution in [3.05, 3.63) is 34.9 Å². The van der Waals surface area contributed by atoms with Gasteiger partial charge < -0.3 is 5.32 Å². The van der Waals surface area contributed by atoms with Gasteiger partial charge in [-0.1, -0.05) is 30.7 Å². The van der Waals surface area contributed by atoms with Crippen LogP contribution in [0.15, 0.2) is 24.3 Å². The number of halogens is 1. The van der Waals surface area contributed by atoms with E-state index in [4.69, 9.17) is 11.6 Å². The average molecular weight is 281 g/mol. The van der Waals surface area contributed by atoms with Crippen molar-refractivity contribution in [1.29, 1.82) is 0 Å². The maximum absolute atomic E-state index is 5.94. The Bertz CT molecular complexity index is 390. The molecule has 1 aliphatic rings. The van der Waals surface area contributed by atoms with Gasteiger partial charge in [0, 0.05) is 23.7 Å². The Labute approximate surface area is 122 Å². The summed E-state index contributed by atoms with van der Waals surface area (Å²) in [4.78, 5) is 2.43. The second-order valence-corrected chi connectivity index (χ2v) is 6.38. The third kappa shape index (κ3) is 4.20. The van der Waals surface area contributed by atoms with Crippen LogP contribution in [0.4, 0.5) is 0 Å². The fraction of sp³-hybridized carbons (Fsp3) is 0.625. The van der Waals surface area contributed by atoms with Gasteiger partial charge in [0.05, 0.1) is 0 Å². The molecule has 1 aromatic rings. The zero-order valence-corrected chi connectivity index (χ0v) is 13.0. The fourth-order valence-corrected chi connectivity index (χ4v) is 2.99. The molecule has 0 bridgehead atoms. The molecular formula is C16H25ClN2. The van der Waals surface area contributed by atoms with E-state index < -0.39 is 0 Å². The van der Waals surface area contributed by atoms with E-state index in [0.717, 1.165) is 24.0 Å². The van der Waals surface area contributed by atoms with E-state index in [1.165, 1.54) is 18.4 Å². The zero-order chi connectivity index (χ0) is 13.8. The van der Waals surface area contributed by atoms with E-state index in [1.54, 1.807) is 0 Å². The molecule has 2 rings (SSSR count). The summed E-state index contributed by atoms with van der Waals surface area (Å²) in [6.07, 6.45) is 2.60. The minimum absolute atomic E-state index is 0.427. The Morgan fingerprint density at radius 1 is 1.37 bits per heavy atom. The summed E-state index contributed by atoms with van der Waals surface area (Å²) >= 11 is 5.94. The van der Waals surface area contributed by atoms with Crippen LogP contribution in [0.3, 0.4) is 0 Å². The number of nitrogens with zero attached hydrogens (tertiary/aromatic N) is 1. The van der Waals surface area contributed by atoms with Crippen LogP contribution in [-0.2, 0) is 0 Å². The Kier molecular flexibility index (Phi) is 5.26. The topological polar surface area (TPSA) is 15.3 Å². The van der Waals surface area contributed by atoms with Crippen LogP contribution in [0.1, 0.15) is 38.3 Å². The summed E-state index contributed by atoms with van der Waals surface area (Å²) in [7, 11) is 2.21. The minimum atomic E-state index is 0.427. The highest BCUT2D eigenvalue weighted by Crippen LogP contribution is 2.22. The highest BCUT2D eigenvalue weighted by Gasteiger charge is 2.21. The van der Waals surface area contributed by atoms with Crippen molar-refractivity contribution in [2.75, 3.05) is 20.1 Å². The van der Waals surface area contributed by atoms with Gasteiger partial charge >= 0.3 is 0 Å². The first kappa shape index (κ1) is 14.8. The lowest BCUT2D eigenvalue weighted by Crippen LogP contribution is -2.45. The quantitative estimate of drug-likeness (QED) is 0.904. The first-order valence-corrected chi connectivity index (χ1v) is 7.63. The highest BCUT2D eigenvalue weighted by molar-refractivity contribution is 6.30. The smallest absolute Gasteiger partial charge is 0.0406 e. The number of rotatable bonds is 4. The molecule has 1 N–H and O–H groups in total. The second kappa shape index (κ2) is 6.74. The maximum Gasteiger partial charge on any atom is 0.0406 e. The Balaban J connectivity index is 1.91. The minimum Gasteiger partial charge on any atom is -0.313 e. The van der Waals surface area contributed by atoms with E-state index in [2.05, 4.69) is 43.2 Å². The van der Waals surface area contributed by atoms with Crippen molar-refractivity contribution in [2.45, 2.75) is 38.8 Å². The van der Waals surface area contributed by atoms with Gasteiger partial charge in [-0.3, -0.25) is 4.90 Å². The predicted molar refractivity (Wildman–Crippen MR) is 82.7 cm³/mol. The summed E-state index contributed by atoms with van der Waals surface area (Å²) in [6.45, 7) is 6.88. The molecule has 1 saturated heterocycles. The molecule has 3 heteroatoms. The van der Waals surface area contributed by atoms with E-state index >= 15 is 0 Å². The lowest BCUT2D eigenvalue weighted by Gasteiger charge is -2.34. The van der Waals surface area contributed by atoms with E-state index in [9.17, 15) is 0 Å². The van der Waals surface area contributed by atoms with Crippen molar-refractivity contribution >= 4 is 11.6 Å². The molecule has 106 valence electrons. The fourth-order valence-electron chi connectivity index (χ4n) is 2.86. The summed E-state index contributed by atoms with van der Waals surface area (Å²) in [5.74, 6) is 0.852. The number of hydrogen-bond donors (Lipinski definition) is 1. The van der Waals surface area contributed by atoms with Gasteiger partial charge in [-0.2, -0.15) is 0 Å². The molecule has 0 aromatic heterocycles. The van der Waals surface area contributed by atoms with E-state index in [1.807, 2.05) is 12.1 Å². The maximum atomic E-state index is 5.94. The molecule has 1 aromatic carbocycles. The normalized spacial score (nSPS) is 25.5. The largest absolute Gasteiger partial charge is 0.313 e. The van der Waals surface area contributed by atoms with Crippen LogP contribution >= 0.6 is 11.6 Å². The SMILES string of the molecule is CC1CCNC(CN(C)C(C)c2ccc(Cl)cc2)C1. The average Bonchev–Trinajstić information content (AvgIpc) is 2.39. The Morgan fingerprint density at radius 3 is 2.68 bits per heavy atom. The molecule has 19 heavy (non-hydrogen) atoms. The molecule has 3 unspecified atom stereocenters. The van der Waals surface area contributed by atoms with Gasteiger partial charge in [0.25, 0.3) is 0 Å². The molecule has 1 fully saturated rings. The van der Waals surface area contributed by atoms with Gasteiger partial charge in [0.15, 0.2) is 0 Å². The molecule has 0 saturated carbocycles. The molecule has 0 amide bonds. The molecule has 3 atom stereocenters. The first-order chi connectivity index (χ1) is 9.06. The van der Waals surface area contributed by atoms with Crippen LogP contribution < -0.4 is 5.32 Å². The van der Waals surface area contributed by atoms with Gasteiger partial charge in [-0.05, 0) is 57.0 Å². The molecule has 0 spiro atoms. The first-order valence-electron chi connectivity index (χ1n) is 7.25. The van der Waals surface area contributed by atoms with Gasteiger partial charge in [0.1, 0.15) is 0 Å². The summed E-state index contributed by atoms with van der Waals surface area (Å²) < 4.78 is 0. The lowest BCUT2D eigenvalue weighted by molar-refractivity contribution is 0.198. The van der Waals surface area contributed by atoms with Gasteiger partial charge in [-0.15, -0.1) is 0 Å². The monoisotopic (exact) mass is 280 g/mol. The van der Waals surface area contributed by atoms with E-state index in [0.29, 0.717) is 12.1 Å². The number of likely N-dealkylation sites (N-methyl/N-ethyl adjacent to an activating group) is 1. The van der Waals surface area contributed by atoms with Crippen LogP contribution in [-0.4, -0.2) is 31.1 Å². The van der Waals surface area contributed by atoms with Crippen molar-refractivity contribution in [1.82, 2.24) is 10.2 Å². The molecular weight excluding hydrogens is 256 g/mol. The lowest BCUT2D eigenvalue weighted by atomic mass is 9.93. The zero-order valence-electron chi connectivity index (χ0n) is 12.2. The third-order valence-electron chi connectivity index (χ3n) is 4.28. The number of nitrogens with one attached hydrogen (secondary N) is 1. The van der Waals surface area contributed by atoms with Crippen LogP contribution in [0, 0.1) is 5.92 Å². The highest BCUT2D eigenvalue weighted by atomic mass is 35.5. The van der Waals surface area contributed by atoms with Crippen LogP contribution in [0.25, 0.3) is 0 Å². The molecule has 2 nitrogen and oxygen atoms in total. The molecule has 0 aliphatic carbocycles. The molecule has 1 heterocycles. The second-order valence-electron chi connectivity index (χ2n) is 5.95. The summed E-state index contributed by atoms with van der Waals surface area (Å²) in [6, 6.07) is 9.25. The van der Waals surface area contributed by atoms with Crippen LogP contribution in [0.2, 0.25) is 5.02 Å². The third-order valence-corrected chi connectivity index (χ3v) is 4.53. The van der Waals surface area contributed by atoms with Crippen molar-refractivity contribution in [3.63, 3.8) is 0 Å². The number of benzene rings is 1. The van der Waals surface area contributed by atoms with Crippen molar-refractivity contribution in [2.24, 2.45) is 5.92 Å².